The minimum Gasteiger partial charge on any atom is -0.347 e. The Kier molecular flexibility index (Phi) is 3.48. The van der Waals surface area contributed by atoms with E-state index in [9.17, 15) is 4.79 Å². The quantitative estimate of drug-likeness (QED) is 0.751. The smallest absolute Gasteiger partial charge is 0.273 e. The van der Waals surface area contributed by atoms with E-state index in [1.807, 2.05) is 0 Å². The maximum Gasteiger partial charge on any atom is 0.273 e. The van der Waals surface area contributed by atoms with Gasteiger partial charge in [-0.25, -0.2) is 4.68 Å². The first kappa shape index (κ1) is 12.6. The number of aromatic nitrogens is 3. The molecule has 7 nitrogen and oxygen atoms in total. The molecular weight excluding hydrogens is 244 g/mol. The van der Waals surface area contributed by atoms with Gasteiger partial charge in [-0.15, -0.1) is 5.10 Å². The highest BCUT2D eigenvalue weighted by molar-refractivity contribution is 5.92. The van der Waals surface area contributed by atoms with Crippen LogP contribution in [-0.2, 0) is 0 Å². The molecule has 1 atom stereocenters. The van der Waals surface area contributed by atoms with E-state index in [0.717, 1.165) is 39.0 Å². The number of nitrogens with one attached hydrogen (secondary N) is 2. The van der Waals surface area contributed by atoms with Gasteiger partial charge in [0.15, 0.2) is 5.69 Å². The molecule has 7 heteroatoms. The molecule has 3 heterocycles. The molecule has 2 fully saturated rings. The number of rotatable bonds is 3. The van der Waals surface area contributed by atoms with Gasteiger partial charge in [-0.1, -0.05) is 5.21 Å². The fourth-order valence-electron chi connectivity index (χ4n) is 2.56. The zero-order chi connectivity index (χ0) is 13.2. The normalized spacial score (nSPS) is 25.0. The molecule has 104 valence electrons. The third-order valence-corrected chi connectivity index (χ3v) is 3.84. The van der Waals surface area contributed by atoms with Crippen LogP contribution in [0.5, 0.6) is 0 Å². The summed E-state index contributed by atoms with van der Waals surface area (Å²) >= 11 is 0. The Hall–Kier alpha value is -1.47. The van der Waals surface area contributed by atoms with Crippen molar-refractivity contribution in [2.45, 2.75) is 24.9 Å². The molecule has 2 aliphatic rings. The summed E-state index contributed by atoms with van der Waals surface area (Å²) in [5.74, 6) is -0.112. The van der Waals surface area contributed by atoms with Crippen molar-refractivity contribution in [2.75, 3.05) is 33.2 Å². The second-order valence-electron chi connectivity index (χ2n) is 5.47. The van der Waals surface area contributed by atoms with Gasteiger partial charge in [-0.2, -0.15) is 0 Å². The number of carbonyl (C=O) groups is 1. The second-order valence-corrected chi connectivity index (χ2v) is 5.47. The Morgan fingerprint density at radius 3 is 3.05 bits per heavy atom. The maximum atomic E-state index is 12.1. The van der Waals surface area contributed by atoms with E-state index < -0.39 is 0 Å². The van der Waals surface area contributed by atoms with E-state index in [0.29, 0.717) is 11.7 Å². The van der Waals surface area contributed by atoms with E-state index in [1.54, 1.807) is 10.9 Å². The molecule has 3 rings (SSSR count). The zero-order valence-corrected chi connectivity index (χ0v) is 11.2. The molecule has 0 bridgehead atoms. The lowest BCUT2D eigenvalue weighted by atomic mass is 10.1. The minimum atomic E-state index is -0.112. The lowest BCUT2D eigenvalue weighted by Gasteiger charge is -2.29. The standard InChI is InChI=1S/C12H20N6O/c1-17-4-2-3-9(7-17)14-12(19)11-8-18(16-15-11)10-5-13-6-10/h8-10,13H,2-7H2,1H3,(H,14,19). The summed E-state index contributed by atoms with van der Waals surface area (Å²) in [4.78, 5) is 14.3. The Balaban J connectivity index is 1.58. The van der Waals surface area contributed by atoms with Crippen molar-refractivity contribution in [2.24, 2.45) is 0 Å². The molecular formula is C12H20N6O. The van der Waals surface area contributed by atoms with E-state index >= 15 is 0 Å². The Morgan fingerprint density at radius 1 is 1.53 bits per heavy atom. The monoisotopic (exact) mass is 264 g/mol. The molecule has 2 aliphatic heterocycles. The predicted molar refractivity (Wildman–Crippen MR) is 69.9 cm³/mol. The molecule has 0 saturated carbocycles. The van der Waals surface area contributed by atoms with E-state index in [4.69, 9.17) is 0 Å². The Morgan fingerprint density at radius 2 is 2.37 bits per heavy atom. The van der Waals surface area contributed by atoms with Crippen LogP contribution in [0.3, 0.4) is 0 Å². The van der Waals surface area contributed by atoms with Gasteiger partial charge in [-0.05, 0) is 26.4 Å². The SMILES string of the molecule is CN1CCCC(NC(=O)c2cn(C3CNC3)nn2)C1. The highest BCUT2D eigenvalue weighted by atomic mass is 16.2. The predicted octanol–water partition coefficient (Wildman–Crippen LogP) is -0.754. The van der Waals surface area contributed by atoms with Crippen LogP contribution in [-0.4, -0.2) is 65.1 Å². The number of hydrogen-bond acceptors (Lipinski definition) is 5. The lowest BCUT2D eigenvalue weighted by Crippen LogP contribution is -2.46. The van der Waals surface area contributed by atoms with Crippen molar-refractivity contribution in [1.82, 2.24) is 30.5 Å². The maximum absolute atomic E-state index is 12.1. The van der Waals surface area contributed by atoms with E-state index in [2.05, 4.69) is 32.9 Å². The van der Waals surface area contributed by atoms with Gasteiger partial charge in [0.1, 0.15) is 0 Å². The molecule has 2 saturated heterocycles. The van der Waals surface area contributed by atoms with Crippen LogP contribution in [0.25, 0.3) is 0 Å². The number of likely N-dealkylation sites (N-methyl/N-ethyl adjacent to an activating group) is 1. The summed E-state index contributed by atoms with van der Waals surface area (Å²) < 4.78 is 1.78. The first-order valence-electron chi connectivity index (χ1n) is 6.84. The lowest BCUT2D eigenvalue weighted by molar-refractivity contribution is 0.0907. The van der Waals surface area contributed by atoms with Crippen molar-refractivity contribution in [1.29, 1.82) is 0 Å². The summed E-state index contributed by atoms with van der Waals surface area (Å²) in [6, 6.07) is 0.566. The first-order chi connectivity index (χ1) is 9.22. The van der Waals surface area contributed by atoms with Crippen molar-refractivity contribution in [3.8, 4) is 0 Å². The molecule has 0 aromatic carbocycles. The van der Waals surface area contributed by atoms with Crippen molar-refractivity contribution >= 4 is 5.91 Å². The number of nitrogens with zero attached hydrogens (tertiary/aromatic N) is 4. The number of hydrogen-bond donors (Lipinski definition) is 2. The fraction of sp³-hybridized carbons (Fsp3) is 0.750. The summed E-state index contributed by atoms with van der Waals surface area (Å²) in [6.07, 6.45) is 3.91. The zero-order valence-electron chi connectivity index (χ0n) is 11.2. The van der Waals surface area contributed by atoms with Crippen molar-refractivity contribution in [3.63, 3.8) is 0 Å². The van der Waals surface area contributed by atoms with Gasteiger partial charge in [0.05, 0.1) is 12.2 Å². The molecule has 0 spiro atoms. The van der Waals surface area contributed by atoms with E-state index in [1.165, 1.54) is 0 Å². The van der Waals surface area contributed by atoms with Gasteiger partial charge in [0, 0.05) is 25.7 Å². The summed E-state index contributed by atoms with van der Waals surface area (Å²) in [5.41, 5.74) is 0.417. The van der Waals surface area contributed by atoms with Crippen LogP contribution in [0.2, 0.25) is 0 Å². The highest BCUT2D eigenvalue weighted by Gasteiger charge is 2.24. The van der Waals surface area contributed by atoms with Crippen LogP contribution < -0.4 is 10.6 Å². The molecule has 1 amide bonds. The van der Waals surface area contributed by atoms with Crippen LogP contribution in [0.4, 0.5) is 0 Å². The second kappa shape index (κ2) is 5.26. The number of amides is 1. The van der Waals surface area contributed by atoms with Gasteiger partial charge in [0.25, 0.3) is 5.91 Å². The molecule has 0 aliphatic carbocycles. The highest BCUT2D eigenvalue weighted by Crippen LogP contribution is 2.11. The molecule has 1 aromatic heterocycles. The van der Waals surface area contributed by atoms with Crippen LogP contribution in [0.15, 0.2) is 6.20 Å². The van der Waals surface area contributed by atoms with Gasteiger partial charge < -0.3 is 15.5 Å². The third kappa shape index (κ3) is 2.76. The van der Waals surface area contributed by atoms with Gasteiger partial charge in [0.2, 0.25) is 0 Å². The summed E-state index contributed by atoms with van der Waals surface area (Å²) in [5, 5.41) is 14.2. The summed E-state index contributed by atoms with van der Waals surface area (Å²) in [6.45, 7) is 3.82. The minimum absolute atomic E-state index is 0.112. The van der Waals surface area contributed by atoms with Gasteiger partial charge >= 0.3 is 0 Å². The third-order valence-electron chi connectivity index (χ3n) is 3.84. The van der Waals surface area contributed by atoms with Crippen LogP contribution in [0.1, 0.15) is 29.4 Å². The molecule has 19 heavy (non-hydrogen) atoms. The Bertz CT molecular complexity index is 455. The van der Waals surface area contributed by atoms with Crippen molar-refractivity contribution < 1.29 is 4.79 Å². The molecule has 0 radical (unpaired) electrons. The summed E-state index contributed by atoms with van der Waals surface area (Å²) in [7, 11) is 2.08. The number of piperidine rings is 1. The largest absolute Gasteiger partial charge is 0.347 e. The molecule has 1 unspecified atom stereocenters. The molecule has 2 N–H and O–H groups in total. The molecule has 1 aromatic rings. The fourth-order valence-corrected chi connectivity index (χ4v) is 2.56. The van der Waals surface area contributed by atoms with Gasteiger partial charge in [-0.3, -0.25) is 4.79 Å². The van der Waals surface area contributed by atoms with Crippen LogP contribution in [0, 0.1) is 0 Å². The topological polar surface area (TPSA) is 75.1 Å². The number of likely N-dealkylation sites (tertiary alicyclic amines) is 1. The average Bonchev–Trinajstić information content (AvgIpc) is 2.76. The Labute approximate surface area is 112 Å². The van der Waals surface area contributed by atoms with Crippen LogP contribution >= 0.6 is 0 Å². The van der Waals surface area contributed by atoms with Crippen molar-refractivity contribution in [3.05, 3.63) is 11.9 Å². The van der Waals surface area contributed by atoms with E-state index in [-0.39, 0.29) is 11.9 Å². The first-order valence-corrected chi connectivity index (χ1v) is 6.84. The average molecular weight is 264 g/mol. The number of carbonyl (C=O) groups excluding carboxylic acids is 1.